The second kappa shape index (κ2) is 4.18. The van der Waals surface area contributed by atoms with Gasteiger partial charge in [0.2, 0.25) is 0 Å². The van der Waals surface area contributed by atoms with Crippen molar-refractivity contribution in [1.29, 1.82) is 0 Å². The molecule has 0 aromatic rings. The summed E-state index contributed by atoms with van der Waals surface area (Å²) in [4.78, 5) is 0. The van der Waals surface area contributed by atoms with Gasteiger partial charge in [0, 0.05) is 0 Å². The fraction of sp³-hybridized carbons (Fsp3) is 0.600. The molecule has 1 nitrogen and oxygen atoms in total. The smallest absolute Gasteiger partial charge is 0.344 e. The molecule has 9 heavy (non-hydrogen) atoms. The molecule has 1 atom stereocenters. The molecule has 1 N–H and O–H groups in total. The molecule has 0 radical (unpaired) electrons. The standard InChI is InChI=1S/C5H9F2N.Ni/c1-4(8-3)5(2,6)7;/h4,8H,1-2H2,3H3;/q-2;+2. The molecule has 1 unspecified atom stereocenters. The number of nitrogens with one attached hydrogen (secondary N) is 1. The summed E-state index contributed by atoms with van der Waals surface area (Å²) in [7, 11) is 1.41. The third kappa shape index (κ3) is 4.79. The maximum absolute atomic E-state index is 11.9. The van der Waals surface area contributed by atoms with Crippen LogP contribution < -0.4 is 5.32 Å². The molecule has 4 heteroatoms. The van der Waals surface area contributed by atoms with Gasteiger partial charge in [0.05, 0.1) is 0 Å². The molecule has 0 saturated carbocycles. The zero-order valence-corrected chi connectivity index (χ0v) is 6.05. The van der Waals surface area contributed by atoms with E-state index in [1.165, 1.54) is 7.05 Å². The molecule has 58 valence electrons. The normalized spacial score (nSPS) is 14.3. The largest absolute Gasteiger partial charge is 2.00 e. The van der Waals surface area contributed by atoms with E-state index in [9.17, 15) is 8.78 Å². The van der Waals surface area contributed by atoms with Crippen LogP contribution in [0.25, 0.3) is 0 Å². The molecule has 0 bridgehead atoms. The first kappa shape index (κ1) is 12.0. The molecule has 0 aromatic carbocycles. The fourth-order valence-electron chi connectivity index (χ4n) is 0.211. The van der Waals surface area contributed by atoms with Gasteiger partial charge in [-0.1, -0.05) is 6.04 Å². The van der Waals surface area contributed by atoms with Crippen LogP contribution in [0.2, 0.25) is 0 Å². The van der Waals surface area contributed by atoms with Crippen molar-refractivity contribution in [3.05, 3.63) is 13.8 Å². The summed E-state index contributed by atoms with van der Waals surface area (Å²) < 4.78 is 23.8. The third-order valence-electron chi connectivity index (χ3n) is 0.858. The van der Waals surface area contributed by atoms with Crippen LogP contribution in [-0.4, -0.2) is 19.0 Å². The summed E-state index contributed by atoms with van der Waals surface area (Å²) in [6.45, 7) is 5.69. The average Bonchev–Trinajstić information content (AvgIpc) is 1.62. The van der Waals surface area contributed by atoms with Crippen molar-refractivity contribution in [2.75, 3.05) is 7.05 Å². The topological polar surface area (TPSA) is 12.0 Å². The molecule has 0 aliphatic carbocycles. The minimum absolute atomic E-state index is 0. The first-order valence-electron chi connectivity index (χ1n) is 2.22. The summed E-state index contributed by atoms with van der Waals surface area (Å²) in [5.74, 6) is -2.96. The number of halogens is 2. The van der Waals surface area contributed by atoms with E-state index >= 15 is 0 Å². The van der Waals surface area contributed by atoms with Gasteiger partial charge in [-0.25, -0.2) is 8.78 Å². The van der Waals surface area contributed by atoms with Gasteiger partial charge in [-0.05, 0) is 7.05 Å². The first-order chi connectivity index (χ1) is 3.48. The van der Waals surface area contributed by atoms with Crippen LogP contribution >= 0.6 is 0 Å². The third-order valence-corrected chi connectivity index (χ3v) is 0.858. The van der Waals surface area contributed by atoms with Crippen molar-refractivity contribution in [3.8, 4) is 0 Å². The van der Waals surface area contributed by atoms with Crippen LogP contribution in [0, 0.1) is 13.8 Å². The molecule has 0 aromatic heterocycles. The predicted molar refractivity (Wildman–Crippen MR) is 28.5 cm³/mol. The Morgan fingerprint density at radius 1 is 1.56 bits per heavy atom. The van der Waals surface area contributed by atoms with E-state index in [2.05, 4.69) is 19.2 Å². The van der Waals surface area contributed by atoms with Crippen molar-refractivity contribution >= 4 is 0 Å². The Morgan fingerprint density at radius 2 is 1.89 bits per heavy atom. The maximum atomic E-state index is 11.9. The Morgan fingerprint density at radius 3 is 1.89 bits per heavy atom. The quantitative estimate of drug-likeness (QED) is 0.491. The van der Waals surface area contributed by atoms with Gasteiger partial charge in [-0.3, -0.25) is 6.92 Å². The Kier molecular flexibility index (Phi) is 5.59. The van der Waals surface area contributed by atoms with E-state index in [1.54, 1.807) is 0 Å². The number of hydrogen-bond donors (Lipinski definition) is 1. The van der Waals surface area contributed by atoms with Gasteiger partial charge in [0.15, 0.2) is 0 Å². The summed E-state index contributed by atoms with van der Waals surface area (Å²) in [5, 5.41) is 2.28. The van der Waals surface area contributed by atoms with E-state index in [0.29, 0.717) is 0 Å². The Labute approximate surface area is 64.1 Å². The second-order valence-corrected chi connectivity index (χ2v) is 1.60. The van der Waals surface area contributed by atoms with Crippen LogP contribution in [-0.2, 0) is 16.5 Å². The van der Waals surface area contributed by atoms with E-state index in [-0.39, 0.29) is 16.5 Å². The average molecular weight is 180 g/mol. The predicted octanol–water partition coefficient (Wildman–Crippen LogP) is 0.875. The minimum atomic E-state index is -2.96. The van der Waals surface area contributed by atoms with Gasteiger partial charge in [-0.2, -0.15) is 0 Å². The Bertz CT molecular complexity index is 71.8. The fourth-order valence-corrected chi connectivity index (χ4v) is 0.211. The van der Waals surface area contributed by atoms with Crippen LogP contribution in [0.5, 0.6) is 0 Å². The van der Waals surface area contributed by atoms with Crippen molar-refractivity contribution in [3.63, 3.8) is 0 Å². The van der Waals surface area contributed by atoms with E-state index in [0.717, 1.165) is 0 Å². The molecular weight excluding hydrogens is 171 g/mol. The van der Waals surface area contributed by atoms with Crippen molar-refractivity contribution in [1.82, 2.24) is 5.32 Å². The molecular formula is C5H9F2NNi. The summed E-state index contributed by atoms with van der Waals surface area (Å²) in [5.41, 5.74) is 0. The summed E-state index contributed by atoms with van der Waals surface area (Å²) in [6, 6.07) is -1.09. The SMILES string of the molecule is [CH2-]C(NC)C([CH2-])(F)F.[Ni+2]. The molecule has 0 saturated heterocycles. The van der Waals surface area contributed by atoms with Gasteiger partial charge < -0.3 is 12.2 Å². The minimum Gasteiger partial charge on any atom is -0.344 e. The van der Waals surface area contributed by atoms with Crippen molar-refractivity contribution < 1.29 is 25.3 Å². The van der Waals surface area contributed by atoms with Crippen molar-refractivity contribution in [2.24, 2.45) is 0 Å². The van der Waals surface area contributed by atoms with Crippen LogP contribution in [0.3, 0.4) is 0 Å². The van der Waals surface area contributed by atoms with Crippen LogP contribution in [0.4, 0.5) is 8.78 Å². The molecule has 0 aliphatic rings. The van der Waals surface area contributed by atoms with Gasteiger partial charge in [0.25, 0.3) is 0 Å². The maximum Gasteiger partial charge on any atom is 2.00 e. The first-order valence-corrected chi connectivity index (χ1v) is 2.22. The molecule has 0 amide bonds. The van der Waals surface area contributed by atoms with Gasteiger partial charge >= 0.3 is 16.5 Å². The van der Waals surface area contributed by atoms with E-state index in [1.807, 2.05) is 0 Å². The van der Waals surface area contributed by atoms with E-state index < -0.39 is 12.0 Å². The second-order valence-electron chi connectivity index (χ2n) is 1.60. The molecule has 0 heterocycles. The zero-order valence-electron chi connectivity index (χ0n) is 5.06. The molecule has 0 spiro atoms. The van der Waals surface area contributed by atoms with Gasteiger partial charge in [0.1, 0.15) is 5.92 Å². The molecule has 0 rings (SSSR count). The Balaban J connectivity index is 0. The summed E-state index contributed by atoms with van der Waals surface area (Å²) >= 11 is 0. The van der Waals surface area contributed by atoms with Crippen LogP contribution in [0.1, 0.15) is 0 Å². The number of alkyl halides is 2. The Hall–Kier alpha value is 0.314. The molecule has 0 aliphatic heterocycles. The summed E-state index contributed by atoms with van der Waals surface area (Å²) in [6.07, 6.45) is 0. The van der Waals surface area contributed by atoms with Gasteiger partial charge in [-0.15, -0.1) is 0 Å². The van der Waals surface area contributed by atoms with Crippen molar-refractivity contribution in [2.45, 2.75) is 12.0 Å². The zero-order chi connectivity index (χ0) is 6.78. The number of rotatable bonds is 2. The van der Waals surface area contributed by atoms with E-state index in [4.69, 9.17) is 0 Å². The monoisotopic (exact) mass is 179 g/mol. The number of hydrogen-bond acceptors (Lipinski definition) is 1. The molecule has 0 fully saturated rings. The van der Waals surface area contributed by atoms with Crippen LogP contribution in [0.15, 0.2) is 0 Å².